The van der Waals surface area contributed by atoms with E-state index in [0.29, 0.717) is 10.2 Å². The van der Waals surface area contributed by atoms with Crippen molar-refractivity contribution in [2.45, 2.75) is 0 Å². The van der Waals surface area contributed by atoms with E-state index in [4.69, 9.17) is 11.6 Å². The molecule has 1 aromatic heterocycles. The van der Waals surface area contributed by atoms with E-state index in [9.17, 15) is 14.9 Å². The fourth-order valence-corrected chi connectivity index (χ4v) is 4.25. The highest BCUT2D eigenvalue weighted by Gasteiger charge is 2.17. The minimum atomic E-state index is -0.573. The lowest BCUT2D eigenvalue weighted by Crippen LogP contribution is -2.13. The van der Waals surface area contributed by atoms with E-state index in [1.165, 1.54) is 12.1 Å². The molecular formula is C20H11BrClN3O3S. The third-order valence-corrected chi connectivity index (χ3v) is 6.27. The van der Waals surface area contributed by atoms with Crippen LogP contribution in [-0.4, -0.2) is 15.8 Å². The van der Waals surface area contributed by atoms with Gasteiger partial charge in [0.15, 0.2) is 0 Å². The Morgan fingerprint density at radius 3 is 2.69 bits per heavy atom. The number of nitro groups is 1. The van der Waals surface area contributed by atoms with Gasteiger partial charge in [-0.2, -0.15) is 0 Å². The highest BCUT2D eigenvalue weighted by atomic mass is 79.9. The van der Waals surface area contributed by atoms with Crippen LogP contribution in [0, 0.1) is 10.1 Å². The van der Waals surface area contributed by atoms with Gasteiger partial charge in [0.1, 0.15) is 5.01 Å². The average Bonchev–Trinajstić information content (AvgIpc) is 3.14. The minimum Gasteiger partial charge on any atom is -0.321 e. The molecule has 0 atom stereocenters. The van der Waals surface area contributed by atoms with Crippen LogP contribution in [0.1, 0.15) is 10.4 Å². The Balaban J connectivity index is 1.67. The maximum atomic E-state index is 12.7. The number of non-ortho nitro benzene ring substituents is 1. The molecule has 0 unspecified atom stereocenters. The van der Waals surface area contributed by atoms with Crippen molar-refractivity contribution < 1.29 is 9.72 Å². The molecule has 4 rings (SSSR count). The molecular weight excluding hydrogens is 478 g/mol. The number of rotatable bonds is 4. The van der Waals surface area contributed by atoms with Gasteiger partial charge in [0.2, 0.25) is 0 Å². The van der Waals surface area contributed by atoms with Crippen molar-refractivity contribution in [3.8, 4) is 10.6 Å². The average molecular weight is 489 g/mol. The molecule has 1 amide bonds. The van der Waals surface area contributed by atoms with Crippen LogP contribution in [-0.2, 0) is 0 Å². The number of nitrogens with zero attached hydrogens (tertiary/aromatic N) is 2. The lowest BCUT2D eigenvalue weighted by molar-refractivity contribution is -0.384. The first-order chi connectivity index (χ1) is 13.9. The number of aromatic nitrogens is 1. The quantitative estimate of drug-likeness (QED) is 0.261. The van der Waals surface area contributed by atoms with Crippen LogP contribution in [0.5, 0.6) is 0 Å². The Kier molecular flexibility index (Phi) is 5.31. The number of benzene rings is 3. The van der Waals surface area contributed by atoms with Gasteiger partial charge in [0.25, 0.3) is 11.6 Å². The SMILES string of the molecule is O=C(Nc1cc(-c2nc3ccccc3s2)ccc1Br)c1cc([N+](=O)[O-])ccc1Cl. The van der Waals surface area contributed by atoms with Gasteiger partial charge in [-0.05, 0) is 46.3 Å². The third-order valence-electron chi connectivity index (χ3n) is 4.16. The lowest BCUT2D eigenvalue weighted by atomic mass is 10.1. The molecule has 0 aliphatic carbocycles. The fraction of sp³-hybridized carbons (Fsp3) is 0. The molecule has 4 aromatic rings. The Morgan fingerprint density at radius 1 is 1.14 bits per heavy atom. The van der Waals surface area contributed by atoms with Gasteiger partial charge in [-0.15, -0.1) is 11.3 Å². The predicted molar refractivity (Wildman–Crippen MR) is 119 cm³/mol. The molecule has 1 heterocycles. The number of nitro benzene ring substituents is 1. The van der Waals surface area contributed by atoms with Crippen molar-refractivity contribution in [2.75, 3.05) is 5.32 Å². The summed E-state index contributed by atoms with van der Waals surface area (Å²) in [5, 5.41) is 14.7. The summed E-state index contributed by atoms with van der Waals surface area (Å²) in [4.78, 5) is 27.7. The Hall–Kier alpha value is -2.81. The van der Waals surface area contributed by atoms with Crippen LogP contribution in [0.2, 0.25) is 5.02 Å². The summed E-state index contributed by atoms with van der Waals surface area (Å²) in [6.45, 7) is 0. The number of fused-ring (bicyclic) bond motifs is 1. The van der Waals surface area contributed by atoms with Crippen LogP contribution >= 0.6 is 38.9 Å². The van der Waals surface area contributed by atoms with E-state index < -0.39 is 10.8 Å². The molecule has 0 saturated carbocycles. The molecule has 0 fully saturated rings. The number of carbonyl (C=O) groups is 1. The maximum Gasteiger partial charge on any atom is 0.270 e. The summed E-state index contributed by atoms with van der Waals surface area (Å²) in [6.07, 6.45) is 0. The molecule has 0 radical (unpaired) electrons. The number of hydrogen-bond donors (Lipinski definition) is 1. The standard InChI is InChI=1S/C20H11BrClN3O3S/c21-14-7-5-11(20-24-16-3-1-2-4-18(16)29-20)9-17(14)23-19(26)13-10-12(25(27)28)6-8-15(13)22/h1-10H,(H,23,26). The first-order valence-electron chi connectivity index (χ1n) is 8.33. The van der Waals surface area contributed by atoms with Crippen LogP contribution in [0.4, 0.5) is 11.4 Å². The van der Waals surface area contributed by atoms with Crippen molar-refractivity contribution in [2.24, 2.45) is 0 Å². The number of carbonyl (C=O) groups excluding carboxylic acids is 1. The zero-order chi connectivity index (χ0) is 20.5. The van der Waals surface area contributed by atoms with E-state index in [2.05, 4.69) is 26.2 Å². The van der Waals surface area contributed by atoms with Crippen LogP contribution in [0.15, 0.2) is 65.1 Å². The highest BCUT2D eigenvalue weighted by molar-refractivity contribution is 9.10. The number of amides is 1. The van der Waals surface area contributed by atoms with Crippen molar-refractivity contribution in [3.63, 3.8) is 0 Å². The largest absolute Gasteiger partial charge is 0.321 e. The summed E-state index contributed by atoms with van der Waals surface area (Å²) in [5.74, 6) is -0.541. The second kappa shape index (κ2) is 7.90. The van der Waals surface area contributed by atoms with E-state index in [0.717, 1.165) is 26.9 Å². The summed E-state index contributed by atoms with van der Waals surface area (Å²) in [6, 6.07) is 17.1. The molecule has 0 aliphatic heterocycles. The van der Waals surface area contributed by atoms with E-state index in [1.807, 2.05) is 36.4 Å². The predicted octanol–water partition coefficient (Wildman–Crippen LogP) is 6.54. The molecule has 0 bridgehead atoms. The van der Waals surface area contributed by atoms with Crippen molar-refractivity contribution >= 4 is 66.4 Å². The van der Waals surface area contributed by atoms with Gasteiger partial charge in [0, 0.05) is 22.2 Å². The van der Waals surface area contributed by atoms with Crippen molar-refractivity contribution in [1.29, 1.82) is 0 Å². The first-order valence-corrected chi connectivity index (χ1v) is 10.3. The van der Waals surface area contributed by atoms with Gasteiger partial charge >= 0.3 is 0 Å². The normalized spacial score (nSPS) is 10.8. The molecule has 0 spiro atoms. The maximum absolute atomic E-state index is 12.7. The van der Waals surface area contributed by atoms with Gasteiger partial charge in [-0.1, -0.05) is 29.8 Å². The number of hydrogen-bond acceptors (Lipinski definition) is 5. The van der Waals surface area contributed by atoms with Gasteiger partial charge in [-0.3, -0.25) is 14.9 Å². The third kappa shape index (κ3) is 4.00. The van der Waals surface area contributed by atoms with Crippen LogP contribution < -0.4 is 5.32 Å². The Bertz CT molecular complexity index is 1240. The Labute approximate surface area is 182 Å². The Morgan fingerprint density at radius 2 is 1.93 bits per heavy atom. The molecule has 144 valence electrons. The first kappa shape index (κ1) is 19.5. The molecule has 0 saturated heterocycles. The summed E-state index contributed by atoms with van der Waals surface area (Å²) >= 11 is 11.0. The summed E-state index contributed by atoms with van der Waals surface area (Å²) in [7, 11) is 0. The summed E-state index contributed by atoms with van der Waals surface area (Å²) in [5.41, 5.74) is 2.08. The zero-order valence-electron chi connectivity index (χ0n) is 14.6. The number of anilines is 1. The number of halogens is 2. The van der Waals surface area contributed by atoms with Crippen LogP contribution in [0.3, 0.4) is 0 Å². The molecule has 0 aliphatic rings. The van der Waals surface area contributed by atoms with E-state index in [1.54, 1.807) is 17.4 Å². The van der Waals surface area contributed by atoms with Gasteiger partial charge < -0.3 is 5.32 Å². The van der Waals surface area contributed by atoms with E-state index in [-0.39, 0.29) is 16.3 Å². The second-order valence-electron chi connectivity index (χ2n) is 6.06. The molecule has 9 heteroatoms. The van der Waals surface area contributed by atoms with Crippen molar-refractivity contribution in [1.82, 2.24) is 4.98 Å². The highest BCUT2D eigenvalue weighted by Crippen LogP contribution is 2.34. The van der Waals surface area contributed by atoms with Crippen molar-refractivity contribution in [3.05, 3.63) is 85.8 Å². The lowest BCUT2D eigenvalue weighted by Gasteiger charge is -2.10. The monoisotopic (exact) mass is 487 g/mol. The summed E-state index contributed by atoms with van der Waals surface area (Å²) < 4.78 is 1.73. The molecule has 3 aromatic carbocycles. The van der Waals surface area contributed by atoms with Gasteiger partial charge in [-0.25, -0.2) is 4.98 Å². The zero-order valence-corrected chi connectivity index (χ0v) is 17.7. The molecule has 1 N–H and O–H groups in total. The number of nitrogens with one attached hydrogen (secondary N) is 1. The molecule has 29 heavy (non-hydrogen) atoms. The number of para-hydroxylation sites is 1. The fourth-order valence-electron chi connectivity index (χ4n) is 2.74. The van der Waals surface area contributed by atoms with E-state index >= 15 is 0 Å². The topological polar surface area (TPSA) is 85.1 Å². The molecule has 6 nitrogen and oxygen atoms in total. The number of thiazole rings is 1. The second-order valence-corrected chi connectivity index (χ2v) is 8.35. The van der Waals surface area contributed by atoms with Gasteiger partial charge in [0.05, 0.1) is 31.4 Å². The van der Waals surface area contributed by atoms with Crippen LogP contribution in [0.25, 0.3) is 20.8 Å². The minimum absolute atomic E-state index is 0.0261. The smallest absolute Gasteiger partial charge is 0.270 e.